The van der Waals surface area contributed by atoms with Gasteiger partial charge in [-0.15, -0.1) is 0 Å². The van der Waals surface area contributed by atoms with Crippen LogP contribution in [0.3, 0.4) is 0 Å². The van der Waals surface area contributed by atoms with Crippen LogP contribution in [0.25, 0.3) is 0 Å². The van der Waals surface area contributed by atoms with E-state index in [1.807, 2.05) is 25.1 Å². The molecule has 0 saturated carbocycles. The number of aryl methyl sites for hydroxylation is 1. The summed E-state index contributed by atoms with van der Waals surface area (Å²) in [6.45, 7) is 2.02. The van der Waals surface area contributed by atoms with Gasteiger partial charge in [0.15, 0.2) is 0 Å². The number of hydrogen-bond acceptors (Lipinski definition) is 2. The van der Waals surface area contributed by atoms with Crippen molar-refractivity contribution in [1.82, 2.24) is 9.97 Å². The molecule has 0 spiro atoms. The number of aromatic amines is 1. The summed E-state index contributed by atoms with van der Waals surface area (Å²) < 4.78 is 0. The van der Waals surface area contributed by atoms with Gasteiger partial charge >= 0.3 is 5.97 Å². The SMILES string of the molecule is Cc1cccc(Cc2ncc(C(=O)O)[nH]2)c1. The largest absolute Gasteiger partial charge is 0.477 e. The van der Waals surface area contributed by atoms with Gasteiger partial charge in [0.2, 0.25) is 0 Å². The molecule has 0 aliphatic rings. The highest BCUT2D eigenvalue weighted by Crippen LogP contribution is 2.09. The molecule has 2 aromatic rings. The third-order valence-electron chi connectivity index (χ3n) is 2.31. The van der Waals surface area contributed by atoms with Crippen molar-refractivity contribution in [1.29, 1.82) is 0 Å². The molecule has 0 radical (unpaired) electrons. The average Bonchev–Trinajstić information content (AvgIpc) is 2.66. The fourth-order valence-corrected chi connectivity index (χ4v) is 1.58. The Bertz CT molecular complexity index is 517. The van der Waals surface area contributed by atoms with E-state index in [1.165, 1.54) is 11.8 Å². The lowest BCUT2D eigenvalue weighted by Gasteiger charge is -1.99. The van der Waals surface area contributed by atoms with Gasteiger partial charge < -0.3 is 10.1 Å². The van der Waals surface area contributed by atoms with Crippen LogP contribution >= 0.6 is 0 Å². The molecule has 0 saturated heterocycles. The number of carboxylic acids is 1. The summed E-state index contributed by atoms with van der Waals surface area (Å²) in [7, 11) is 0. The van der Waals surface area contributed by atoms with E-state index in [-0.39, 0.29) is 5.69 Å². The summed E-state index contributed by atoms with van der Waals surface area (Å²) in [4.78, 5) is 17.4. The molecule has 82 valence electrons. The number of nitrogens with zero attached hydrogens (tertiary/aromatic N) is 1. The number of rotatable bonds is 3. The molecule has 0 aliphatic heterocycles. The predicted octanol–water partition coefficient (Wildman–Crippen LogP) is 2.01. The zero-order valence-corrected chi connectivity index (χ0v) is 8.90. The van der Waals surface area contributed by atoms with E-state index in [1.54, 1.807) is 0 Å². The molecule has 16 heavy (non-hydrogen) atoms. The van der Waals surface area contributed by atoms with E-state index in [0.29, 0.717) is 12.2 Å². The summed E-state index contributed by atoms with van der Waals surface area (Å²) in [5.41, 5.74) is 2.43. The maximum absolute atomic E-state index is 10.6. The number of hydrogen-bond donors (Lipinski definition) is 2. The van der Waals surface area contributed by atoms with Gasteiger partial charge in [-0.2, -0.15) is 0 Å². The van der Waals surface area contributed by atoms with Crippen molar-refractivity contribution in [3.8, 4) is 0 Å². The Morgan fingerprint density at radius 3 is 2.94 bits per heavy atom. The van der Waals surface area contributed by atoms with E-state index < -0.39 is 5.97 Å². The highest BCUT2D eigenvalue weighted by molar-refractivity contribution is 5.85. The first-order chi connectivity index (χ1) is 7.65. The highest BCUT2D eigenvalue weighted by atomic mass is 16.4. The summed E-state index contributed by atoms with van der Waals surface area (Å²) in [5.74, 6) is -0.314. The molecule has 1 heterocycles. The summed E-state index contributed by atoms with van der Waals surface area (Å²) in [5, 5.41) is 8.74. The predicted molar refractivity (Wildman–Crippen MR) is 59.5 cm³/mol. The molecule has 4 heteroatoms. The van der Waals surface area contributed by atoms with Crippen LogP contribution in [0.1, 0.15) is 27.4 Å². The van der Waals surface area contributed by atoms with E-state index in [4.69, 9.17) is 5.11 Å². The molecule has 0 unspecified atom stereocenters. The minimum Gasteiger partial charge on any atom is -0.477 e. The molecule has 2 N–H and O–H groups in total. The number of aromatic nitrogens is 2. The zero-order valence-electron chi connectivity index (χ0n) is 8.90. The van der Waals surface area contributed by atoms with Crippen LogP contribution in [-0.4, -0.2) is 21.0 Å². The Morgan fingerprint density at radius 2 is 2.31 bits per heavy atom. The van der Waals surface area contributed by atoms with Gasteiger partial charge in [0.1, 0.15) is 11.5 Å². The first-order valence-electron chi connectivity index (χ1n) is 4.98. The number of carboxylic acid groups (broad SMARTS) is 1. The molecule has 0 fully saturated rings. The Balaban J connectivity index is 2.17. The van der Waals surface area contributed by atoms with Crippen molar-refractivity contribution in [2.24, 2.45) is 0 Å². The number of H-pyrrole nitrogens is 1. The molecule has 2 rings (SSSR count). The summed E-state index contributed by atoms with van der Waals surface area (Å²) in [6, 6.07) is 8.05. The number of imidazole rings is 1. The van der Waals surface area contributed by atoms with Gasteiger partial charge in [0.25, 0.3) is 0 Å². The third kappa shape index (κ3) is 2.28. The quantitative estimate of drug-likeness (QED) is 0.824. The highest BCUT2D eigenvalue weighted by Gasteiger charge is 2.07. The average molecular weight is 216 g/mol. The normalized spacial score (nSPS) is 10.3. The van der Waals surface area contributed by atoms with Crippen LogP contribution in [0.15, 0.2) is 30.5 Å². The fourth-order valence-electron chi connectivity index (χ4n) is 1.58. The van der Waals surface area contributed by atoms with Crippen LogP contribution in [0.5, 0.6) is 0 Å². The van der Waals surface area contributed by atoms with E-state index >= 15 is 0 Å². The maximum Gasteiger partial charge on any atom is 0.353 e. The van der Waals surface area contributed by atoms with E-state index in [2.05, 4.69) is 16.0 Å². The standard InChI is InChI=1S/C12H12N2O2/c1-8-3-2-4-9(5-8)6-11-13-7-10(14-11)12(15)16/h2-5,7H,6H2,1H3,(H,13,14)(H,15,16). The Hall–Kier alpha value is -2.10. The van der Waals surface area contributed by atoms with E-state index in [0.717, 1.165) is 5.56 Å². The van der Waals surface area contributed by atoms with Crippen molar-refractivity contribution in [3.63, 3.8) is 0 Å². The van der Waals surface area contributed by atoms with Crippen molar-refractivity contribution < 1.29 is 9.90 Å². The van der Waals surface area contributed by atoms with Crippen molar-refractivity contribution >= 4 is 5.97 Å². The lowest BCUT2D eigenvalue weighted by molar-refractivity contribution is 0.0691. The molecular formula is C12H12N2O2. The van der Waals surface area contributed by atoms with E-state index in [9.17, 15) is 4.79 Å². The van der Waals surface area contributed by atoms with Crippen LogP contribution in [0.4, 0.5) is 0 Å². The van der Waals surface area contributed by atoms with Crippen molar-refractivity contribution in [2.45, 2.75) is 13.3 Å². The molecule has 0 atom stereocenters. The summed E-state index contributed by atoms with van der Waals surface area (Å²) in [6.07, 6.45) is 1.96. The second-order valence-electron chi connectivity index (χ2n) is 3.71. The second kappa shape index (κ2) is 4.18. The van der Waals surface area contributed by atoms with Gasteiger partial charge in [-0.3, -0.25) is 0 Å². The zero-order chi connectivity index (χ0) is 11.5. The lowest BCUT2D eigenvalue weighted by Crippen LogP contribution is -1.97. The third-order valence-corrected chi connectivity index (χ3v) is 2.31. The van der Waals surface area contributed by atoms with Gasteiger partial charge in [-0.05, 0) is 12.5 Å². The summed E-state index contributed by atoms with van der Waals surface area (Å²) >= 11 is 0. The number of carbonyl (C=O) groups is 1. The fraction of sp³-hybridized carbons (Fsp3) is 0.167. The second-order valence-corrected chi connectivity index (χ2v) is 3.71. The van der Waals surface area contributed by atoms with Crippen LogP contribution in [-0.2, 0) is 6.42 Å². The minimum absolute atomic E-state index is 0.127. The molecule has 0 aliphatic carbocycles. The number of aromatic carboxylic acids is 1. The molecular weight excluding hydrogens is 204 g/mol. The Morgan fingerprint density at radius 1 is 1.50 bits per heavy atom. The smallest absolute Gasteiger partial charge is 0.353 e. The van der Waals surface area contributed by atoms with Gasteiger partial charge in [-0.25, -0.2) is 9.78 Å². The first kappa shape index (κ1) is 10.4. The molecule has 1 aromatic carbocycles. The lowest BCUT2D eigenvalue weighted by atomic mass is 10.1. The molecule has 1 aromatic heterocycles. The van der Waals surface area contributed by atoms with Gasteiger partial charge in [0.05, 0.1) is 6.20 Å². The number of nitrogens with one attached hydrogen (secondary N) is 1. The molecule has 0 amide bonds. The topological polar surface area (TPSA) is 66.0 Å². The number of benzene rings is 1. The Kier molecular flexibility index (Phi) is 2.72. The Labute approximate surface area is 93.0 Å². The first-order valence-corrected chi connectivity index (χ1v) is 4.98. The van der Waals surface area contributed by atoms with Crippen molar-refractivity contribution in [2.75, 3.05) is 0 Å². The maximum atomic E-state index is 10.6. The van der Waals surface area contributed by atoms with Crippen molar-refractivity contribution in [3.05, 3.63) is 53.1 Å². The van der Waals surface area contributed by atoms with Crippen LogP contribution in [0, 0.1) is 6.92 Å². The minimum atomic E-state index is -0.983. The molecule has 4 nitrogen and oxygen atoms in total. The van der Waals surface area contributed by atoms with Crippen LogP contribution in [0.2, 0.25) is 0 Å². The van der Waals surface area contributed by atoms with Crippen LogP contribution < -0.4 is 0 Å². The van der Waals surface area contributed by atoms with Gasteiger partial charge in [0, 0.05) is 6.42 Å². The molecule has 0 bridgehead atoms. The monoisotopic (exact) mass is 216 g/mol. The van der Waals surface area contributed by atoms with Gasteiger partial charge in [-0.1, -0.05) is 29.8 Å².